The summed E-state index contributed by atoms with van der Waals surface area (Å²) in [4.78, 5) is 23.7. The second-order valence-electron chi connectivity index (χ2n) is 9.12. The molecule has 8 heteroatoms. The highest BCUT2D eigenvalue weighted by Gasteiger charge is 2.34. The zero-order valence-electron chi connectivity index (χ0n) is 21.6. The normalized spacial score (nSPS) is 11.5. The molecule has 38 heavy (non-hydrogen) atoms. The van der Waals surface area contributed by atoms with E-state index in [1.165, 1.54) is 12.1 Å². The first-order valence-electron chi connectivity index (χ1n) is 12.9. The van der Waals surface area contributed by atoms with E-state index in [2.05, 4.69) is 6.58 Å². The third-order valence-electron chi connectivity index (χ3n) is 6.17. The van der Waals surface area contributed by atoms with Crippen molar-refractivity contribution in [1.82, 2.24) is 0 Å². The third kappa shape index (κ3) is 8.23. The maximum absolute atomic E-state index is 13.9. The number of aryl methyl sites for hydroxylation is 1. The molecule has 0 bridgehead atoms. The van der Waals surface area contributed by atoms with Crippen molar-refractivity contribution in [2.24, 2.45) is 0 Å². The van der Waals surface area contributed by atoms with Gasteiger partial charge in [0.1, 0.15) is 11.3 Å². The molecular formula is C30H33F3O5. The van der Waals surface area contributed by atoms with Crippen molar-refractivity contribution in [3.63, 3.8) is 0 Å². The van der Waals surface area contributed by atoms with Gasteiger partial charge in [-0.25, -0.2) is 9.59 Å². The molecule has 204 valence electrons. The monoisotopic (exact) mass is 530 g/mol. The van der Waals surface area contributed by atoms with Crippen LogP contribution in [0.15, 0.2) is 64.3 Å². The van der Waals surface area contributed by atoms with E-state index in [0.29, 0.717) is 36.3 Å². The van der Waals surface area contributed by atoms with Gasteiger partial charge in [0.2, 0.25) is 0 Å². The van der Waals surface area contributed by atoms with E-state index >= 15 is 0 Å². The van der Waals surface area contributed by atoms with Crippen LogP contribution in [0.25, 0.3) is 22.1 Å². The second kappa shape index (κ2) is 13.8. The maximum atomic E-state index is 13.9. The molecule has 0 saturated carbocycles. The van der Waals surface area contributed by atoms with Crippen LogP contribution in [-0.4, -0.2) is 19.2 Å². The highest BCUT2D eigenvalue weighted by atomic mass is 19.4. The molecule has 1 heterocycles. The topological polar surface area (TPSA) is 65.7 Å². The van der Waals surface area contributed by atoms with Crippen molar-refractivity contribution >= 4 is 16.9 Å². The lowest BCUT2D eigenvalue weighted by atomic mass is 9.95. The van der Waals surface area contributed by atoms with Gasteiger partial charge in [0, 0.05) is 23.1 Å². The van der Waals surface area contributed by atoms with Gasteiger partial charge in [0.25, 0.3) is 0 Å². The number of rotatable bonds is 14. The molecule has 0 radical (unpaired) electrons. The fourth-order valence-electron chi connectivity index (χ4n) is 4.14. The molecule has 0 atom stereocenters. The lowest BCUT2D eigenvalue weighted by molar-refractivity contribution is -0.138. The number of benzene rings is 2. The quantitative estimate of drug-likeness (QED) is 0.0918. The Morgan fingerprint density at radius 1 is 0.947 bits per heavy atom. The zero-order chi connectivity index (χ0) is 27.5. The second-order valence-corrected chi connectivity index (χ2v) is 9.12. The SMILES string of the molecule is C=CC(=O)OCCCCCCOc1ccc2cc(-c3ccc(CCCCC)cc3C(F)(F)F)c(=O)oc2c1. The van der Waals surface area contributed by atoms with Crippen molar-refractivity contribution in [2.45, 2.75) is 64.5 Å². The van der Waals surface area contributed by atoms with Gasteiger partial charge in [-0.05, 0) is 68.4 Å². The third-order valence-corrected chi connectivity index (χ3v) is 6.17. The maximum Gasteiger partial charge on any atom is 0.417 e. The van der Waals surface area contributed by atoms with E-state index in [1.807, 2.05) is 6.92 Å². The first-order valence-corrected chi connectivity index (χ1v) is 12.9. The van der Waals surface area contributed by atoms with Crippen molar-refractivity contribution in [2.75, 3.05) is 13.2 Å². The summed E-state index contributed by atoms with van der Waals surface area (Å²) in [6, 6.07) is 10.5. The molecule has 0 fully saturated rings. The minimum Gasteiger partial charge on any atom is -0.493 e. The molecule has 0 aliphatic rings. The predicted octanol–water partition coefficient (Wildman–Crippen LogP) is 7.88. The Hall–Kier alpha value is -3.55. The summed E-state index contributed by atoms with van der Waals surface area (Å²) in [5.74, 6) is 0.0700. The number of carbonyl (C=O) groups excluding carboxylic acids is 1. The molecular weight excluding hydrogens is 497 g/mol. The summed E-state index contributed by atoms with van der Waals surface area (Å²) in [5, 5.41) is 0.501. The Balaban J connectivity index is 1.68. The molecule has 3 rings (SSSR count). The lowest BCUT2D eigenvalue weighted by Gasteiger charge is -2.15. The first-order chi connectivity index (χ1) is 18.2. The smallest absolute Gasteiger partial charge is 0.417 e. The van der Waals surface area contributed by atoms with E-state index in [0.717, 1.165) is 57.1 Å². The van der Waals surface area contributed by atoms with E-state index in [-0.39, 0.29) is 16.7 Å². The van der Waals surface area contributed by atoms with E-state index in [9.17, 15) is 22.8 Å². The molecule has 1 aromatic heterocycles. The van der Waals surface area contributed by atoms with Gasteiger partial charge in [-0.3, -0.25) is 0 Å². The van der Waals surface area contributed by atoms with Gasteiger partial charge in [-0.2, -0.15) is 13.2 Å². The lowest BCUT2D eigenvalue weighted by Crippen LogP contribution is -2.12. The molecule has 0 N–H and O–H groups in total. The number of ether oxygens (including phenoxy) is 2. The molecule has 3 aromatic rings. The molecule has 2 aromatic carbocycles. The number of alkyl halides is 3. The molecule has 0 unspecified atom stereocenters. The largest absolute Gasteiger partial charge is 0.493 e. The first kappa shape index (κ1) is 29.0. The van der Waals surface area contributed by atoms with Crippen LogP contribution in [0.4, 0.5) is 13.2 Å². The summed E-state index contributed by atoms with van der Waals surface area (Å²) in [7, 11) is 0. The highest BCUT2D eigenvalue weighted by molar-refractivity contribution is 5.83. The Morgan fingerprint density at radius 2 is 1.71 bits per heavy atom. The molecule has 0 saturated heterocycles. The van der Waals surface area contributed by atoms with Crippen LogP contribution in [0.2, 0.25) is 0 Å². The van der Waals surface area contributed by atoms with Crippen LogP contribution >= 0.6 is 0 Å². The van der Waals surface area contributed by atoms with Crippen LogP contribution < -0.4 is 10.4 Å². The number of hydrogen-bond donors (Lipinski definition) is 0. The average Bonchev–Trinajstić information content (AvgIpc) is 2.89. The Kier molecular flexibility index (Phi) is 10.6. The van der Waals surface area contributed by atoms with Crippen molar-refractivity contribution < 1.29 is 31.9 Å². The standard InChI is InChI=1S/C30H33F3O5/c1-3-5-8-11-21-12-15-24(26(18-21)30(31,32)33)25-19-22-13-14-23(20-27(22)38-29(25)35)36-16-9-6-7-10-17-37-28(34)4-2/h4,12-15,18-20H,2-3,5-11,16-17H2,1H3. The highest BCUT2D eigenvalue weighted by Crippen LogP contribution is 2.38. The number of esters is 1. The van der Waals surface area contributed by atoms with Gasteiger partial charge in [-0.15, -0.1) is 0 Å². The number of halogens is 3. The summed E-state index contributed by atoms with van der Waals surface area (Å²) in [6.07, 6.45) is 3.10. The molecule has 0 aliphatic heterocycles. The fraction of sp³-hybridized carbons (Fsp3) is 0.400. The number of hydrogen-bond acceptors (Lipinski definition) is 5. The van der Waals surface area contributed by atoms with Crippen LogP contribution in [0.5, 0.6) is 5.75 Å². The van der Waals surface area contributed by atoms with E-state index in [1.54, 1.807) is 24.3 Å². The van der Waals surface area contributed by atoms with Crippen LogP contribution in [0, 0.1) is 0 Å². The number of unbranched alkanes of at least 4 members (excludes halogenated alkanes) is 5. The molecule has 0 aliphatic carbocycles. The predicted molar refractivity (Wildman–Crippen MR) is 141 cm³/mol. The van der Waals surface area contributed by atoms with Crippen molar-refractivity contribution in [3.8, 4) is 16.9 Å². The summed E-state index contributed by atoms with van der Waals surface area (Å²) < 4.78 is 57.8. The van der Waals surface area contributed by atoms with Gasteiger partial charge < -0.3 is 13.9 Å². The van der Waals surface area contributed by atoms with Crippen LogP contribution in [-0.2, 0) is 22.1 Å². The zero-order valence-corrected chi connectivity index (χ0v) is 21.6. The van der Waals surface area contributed by atoms with Gasteiger partial charge in [-0.1, -0.05) is 38.5 Å². The van der Waals surface area contributed by atoms with Gasteiger partial charge >= 0.3 is 17.8 Å². The molecule has 0 spiro atoms. The minimum absolute atomic E-state index is 0.127. The summed E-state index contributed by atoms with van der Waals surface area (Å²) in [5.41, 5.74) is -1.15. The molecule has 5 nitrogen and oxygen atoms in total. The van der Waals surface area contributed by atoms with Crippen molar-refractivity contribution in [3.05, 3.63) is 76.7 Å². The van der Waals surface area contributed by atoms with Crippen molar-refractivity contribution in [1.29, 1.82) is 0 Å². The number of fused-ring (bicyclic) bond motifs is 1. The fourth-order valence-corrected chi connectivity index (χ4v) is 4.14. The molecule has 0 amide bonds. The van der Waals surface area contributed by atoms with E-state index < -0.39 is 23.3 Å². The minimum atomic E-state index is -4.61. The Morgan fingerprint density at radius 3 is 2.42 bits per heavy atom. The van der Waals surface area contributed by atoms with Gasteiger partial charge in [0.05, 0.1) is 24.3 Å². The summed E-state index contributed by atoms with van der Waals surface area (Å²) in [6.45, 7) is 6.17. The Bertz CT molecular complexity index is 1290. The average molecular weight is 531 g/mol. The summed E-state index contributed by atoms with van der Waals surface area (Å²) >= 11 is 0. The van der Waals surface area contributed by atoms with Crippen LogP contribution in [0.1, 0.15) is 63.0 Å². The van der Waals surface area contributed by atoms with Crippen LogP contribution in [0.3, 0.4) is 0 Å². The van der Waals surface area contributed by atoms with E-state index in [4.69, 9.17) is 13.9 Å². The van der Waals surface area contributed by atoms with Gasteiger partial charge in [0.15, 0.2) is 0 Å². The Labute approximate surface area is 220 Å². The number of carbonyl (C=O) groups is 1.